The molecule has 5 heteroatoms. The van der Waals surface area contributed by atoms with E-state index in [-0.39, 0.29) is 11.8 Å². The number of nitrogen functional groups attached to an aromatic ring is 1. The van der Waals surface area contributed by atoms with Gasteiger partial charge in [0.25, 0.3) is 0 Å². The maximum atomic E-state index is 12.4. The minimum Gasteiger partial charge on any atom is -0.399 e. The molecule has 1 fully saturated rings. The van der Waals surface area contributed by atoms with E-state index in [1.165, 1.54) is 32.1 Å². The predicted octanol–water partition coefficient (Wildman–Crippen LogP) is 5.22. The summed E-state index contributed by atoms with van der Waals surface area (Å²) in [7, 11) is 0. The fourth-order valence-electron chi connectivity index (χ4n) is 3.74. The van der Waals surface area contributed by atoms with Gasteiger partial charge in [-0.05, 0) is 37.3 Å². The molecule has 1 heterocycles. The topological polar surface area (TPSA) is 80.9 Å². The number of nitrogens with one attached hydrogen (secondary N) is 1. The van der Waals surface area contributed by atoms with Crippen molar-refractivity contribution < 1.29 is 4.79 Å². The molecular weight excluding hydrogens is 348 g/mol. The first-order chi connectivity index (χ1) is 13.6. The molecule has 0 bridgehead atoms. The molecule has 0 radical (unpaired) electrons. The van der Waals surface area contributed by atoms with Gasteiger partial charge in [0.15, 0.2) is 5.82 Å². The summed E-state index contributed by atoms with van der Waals surface area (Å²) in [5.41, 5.74) is 9.22. The zero-order chi connectivity index (χ0) is 19.9. The number of nitrogens with zero attached hydrogens (tertiary/aromatic N) is 2. The molecule has 1 aliphatic rings. The van der Waals surface area contributed by atoms with Crippen LogP contribution in [0.1, 0.15) is 64.5 Å². The molecule has 3 rings (SSSR count). The Kier molecular flexibility index (Phi) is 7.01. The summed E-state index contributed by atoms with van der Waals surface area (Å²) < 4.78 is 0. The number of aryl methyl sites for hydroxylation is 1. The summed E-state index contributed by atoms with van der Waals surface area (Å²) >= 11 is 0. The lowest BCUT2D eigenvalue weighted by Crippen LogP contribution is -2.22. The number of benzene rings is 1. The van der Waals surface area contributed by atoms with Crippen molar-refractivity contribution in [2.45, 2.75) is 65.2 Å². The molecule has 3 N–H and O–H groups in total. The minimum atomic E-state index is -0.0373. The van der Waals surface area contributed by atoms with Gasteiger partial charge in [-0.25, -0.2) is 9.97 Å². The van der Waals surface area contributed by atoms with Crippen LogP contribution in [0.3, 0.4) is 0 Å². The average Bonchev–Trinajstić information content (AvgIpc) is 2.73. The average molecular weight is 381 g/mol. The Hall–Kier alpha value is -2.43. The second-order valence-electron chi connectivity index (χ2n) is 8.01. The molecule has 1 aromatic heterocycles. The maximum Gasteiger partial charge on any atom is 0.228 e. The van der Waals surface area contributed by atoms with Crippen LogP contribution < -0.4 is 11.1 Å². The molecule has 150 valence electrons. The highest BCUT2D eigenvalue weighted by molar-refractivity contribution is 5.91. The highest BCUT2D eigenvalue weighted by Gasteiger charge is 2.18. The number of carbonyl (C=O) groups excluding carboxylic acids is 1. The summed E-state index contributed by atoms with van der Waals surface area (Å²) in [6, 6.07) is 7.66. The third-order valence-corrected chi connectivity index (χ3v) is 5.87. The van der Waals surface area contributed by atoms with Crippen molar-refractivity contribution in [3.05, 3.63) is 36.2 Å². The summed E-state index contributed by atoms with van der Waals surface area (Å²) in [6.07, 6.45) is 11.1. The Bertz CT molecular complexity index is 782. The molecule has 1 saturated carbocycles. The number of anilines is 2. The van der Waals surface area contributed by atoms with Gasteiger partial charge in [-0.15, -0.1) is 0 Å². The first kappa shape index (κ1) is 20.3. The maximum absolute atomic E-state index is 12.4. The number of nitrogens with two attached hydrogens (primary N) is 1. The van der Waals surface area contributed by atoms with Crippen molar-refractivity contribution in [3.8, 4) is 11.3 Å². The summed E-state index contributed by atoms with van der Waals surface area (Å²) in [6.45, 7) is 3.96. The van der Waals surface area contributed by atoms with Crippen molar-refractivity contribution in [1.29, 1.82) is 0 Å². The lowest BCUT2D eigenvalue weighted by atomic mass is 9.86. The number of hydrogen-bond acceptors (Lipinski definition) is 4. The van der Waals surface area contributed by atoms with Gasteiger partial charge in [-0.1, -0.05) is 58.1 Å². The van der Waals surface area contributed by atoms with E-state index in [2.05, 4.69) is 10.3 Å². The van der Waals surface area contributed by atoms with E-state index in [1.807, 2.05) is 38.1 Å². The van der Waals surface area contributed by atoms with Crippen LogP contribution in [0.2, 0.25) is 0 Å². The first-order valence-electron chi connectivity index (χ1n) is 10.6. The fourth-order valence-corrected chi connectivity index (χ4v) is 3.74. The Balaban J connectivity index is 1.82. The molecule has 0 spiro atoms. The van der Waals surface area contributed by atoms with Crippen LogP contribution in [0.5, 0.6) is 0 Å². The molecule has 2 aromatic rings. The smallest absolute Gasteiger partial charge is 0.228 e. The monoisotopic (exact) mass is 380 g/mol. The van der Waals surface area contributed by atoms with Crippen molar-refractivity contribution >= 4 is 17.4 Å². The highest BCUT2D eigenvalue weighted by Crippen LogP contribution is 2.29. The molecule has 0 saturated heterocycles. The van der Waals surface area contributed by atoms with Crippen molar-refractivity contribution in [2.24, 2.45) is 11.8 Å². The van der Waals surface area contributed by atoms with Gasteiger partial charge in [-0.2, -0.15) is 0 Å². The first-order valence-corrected chi connectivity index (χ1v) is 10.6. The lowest BCUT2D eigenvalue weighted by Gasteiger charge is -2.21. The Labute approximate surface area is 168 Å². The second-order valence-corrected chi connectivity index (χ2v) is 8.01. The summed E-state index contributed by atoms with van der Waals surface area (Å²) in [5, 5.41) is 3.00. The van der Waals surface area contributed by atoms with Crippen molar-refractivity contribution in [2.75, 3.05) is 11.1 Å². The van der Waals surface area contributed by atoms with Crippen molar-refractivity contribution in [1.82, 2.24) is 9.97 Å². The fraction of sp³-hybridized carbons (Fsp3) is 0.522. The van der Waals surface area contributed by atoms with Gasteiger partial charge < -0.3 is 11.1 Å². The van der Waals surface area contributed by atoms with E-state index in [4.69, 9.17) is 10.7 Å². The molecular formula is C23H32N4O. The molecule has 1 amide bonds. The predicted molar refractivity (Wildman–Crippen MR) is 115 cm³/mol. The van der Waals surface area contributed by atoms with Gasteiger partial charge in [0, 0.05) is 17.2 Å². The summed E-state index contributed by atoms with van der Waals surface area (Å²) in [4.78, 5) is 21.9. The van der Waals surface area contributed by atoms with Gasteiger partial charge in [0.2, 0.25) is 5.91 Å². The number of aromatic nitrogens is 2. The lowest BCUT2D eigenvalue weighted by molar-refractivity contribution is -0.119. The van der Waals surface area contributed by atoms with E-state index < -0.39 is 0 Å². The normalized spacial score (nSPS) is 15.9. The highest BCUT2D eigenvalue weighted by atomic mass is 16.1. The zero-order valence-corrected chi connectivity index (χ0v) is 17.1. The van der Waals surface area contributed by atoms with Crippen molar-refractivity contribution in [3.63, 3.8) is 0 Å². The van der Waals surface area contributed by atoms with Crippen LogP contribution in [-0.4, -0.2) is 15.9 Å². The Morgan fingerprint density at radius 3 is 2.61 bits per heavy atom. The van der Waals surface area contributed by atoms with Gasteiger partial charge in [0.05, 0.1) is 17.6 Å². The van der Waals surface area contributed by atoms with Crippen LogP contribution in [0.4, 0.5) is 11.5 Å². The van der Waals surface area contributed by atoms with Gasteiger partial charge in [0.1, 0.15) is 0 Å². The van der Waals surface area contributed by atoms with E-state index in [0.29, 0.717) is 5.82 Å². The van der Waals surface area contributed by atoms with E-state index in [9.17, 15) is 4.79 Å². The second kappa shape index (κ2) is 9.67. The van der Waals surface area contributed by atoms with Crippen LogP contribution >= 0.6 is 0 Å². The third-order valence-electron chi connectivity index (χ3n) is 5.87. The minimum absolute atomic E-state index is 0.0101. The number of hydrogen-bond donors (Lipinski definition) is 2. The van der Waals surface area contributed by atoms with E-state index >= 15 is 0 Å². The van der Waals surface area contributed by atoms with Crippen LogP contribution in [-0.2, 0) is 11.2 Å². The number of rotatable bonds is 7. The molecule has 1 aromatic carbocycles. The molecule has 1 aliphatic carbocycles. The Morgan fingerprint density at radius 2 is 1.93 bits per heavy atom. The van der Waals surface area contributed by atoms with Gasteiger partial charge >= 0.3 is 0 Å². The zero-order valence-electron chi connectivity index (χ0n) is 17.1. The van der Waals surface area contributed by atoms with Crippen LogP contribution in [0.15, 0.2) is 30.5 Å². The summed E-state index contributed by atoms with van der Waals surface area (Å²) in [5.74, 6) is 1.34. The van der Waals surface area contributed by atoms with Crippen LogP contribution in [0.25, 0.3) is 11.3 Å². The van der Waals surface area contributed by atoms with Gasteiger partial charge in [-0.3, -0.25) is 4.79 Å². The van der Waals surface area contributed by atoms with Crippen LogP contribution in [0, 0.1) is 11.8 Å². The standard InChI is InChI=1S/C23H32N4O/c1-3-16(2)23(28)27-22-20(14-9-17-7-5-4-6-8-17)26-21(15-25-22)18-10-12-19(24)13-11-18/h10-13,15-17H,3-9,14,24H2,1-2H3,(H,25,27,28). The molecule has 1 atom stereocenters. The quantitative estimate of drug-likeness (QED) is 0.645. The SMILES string of the molecule is CCC(C)C(=O)Nc1ncc(-c2ccc(N)cc2)nc1CCC1CCCCC1. The Morgan fingerprint density at radius 1 is 1.21 bits per heavy atom. The third kappa shape index (κ3) is 5.31. The van der Waals surface area contributed by atoms with E-state index in [1.54, 1.807) is 6.20 Å². The molecule has 28 heavy (non-hydrogen) atoms. The molecule has 5 nitrogen and oxygen atoms in total. The number of carbonyl (C=O) groups is 1. The number of amides is 1. The largest absolute Gasteiger partial charge is 0.399 e. The van der Waals surface area contributed by atoms with E-state index in [0.717, 1.165) is 47.8 Å². The molecule has 0 aliphatic heterocycles. The molecule has 1 unspecified atom stereocenters.